The molecule has 3 aromatic rings. The van der Waals surface area contributed by atoms with E-state index in [-0.39, 0.29) is 5.82 Å². The van der Waals surface area contributed by atoms with Gasteiger partial charge in [-0.25, -0.2) is 4.39 Å². The van der Waals surface area contributed by atoms with Crippen molar-refractivity contribution in [3.63, 3.8) is 0 Å². The molecule has 1 heterocycles. The summed E-state index contributed by atoms with van der Waals surface area (Å²) in [7, 11) is 0. The lowest BCUT2D eigenvalue weighted by Gasteiger charge is -2.06. The van der Waals surface area contributed by atoms with E-state index in [1.807, 2.05) is 12.1 Å². The highest BCUT2D eigenvalue weighted by atomic mass is 79.9. The molecule has 0 spiro atoms. The molecule has 0 fully saturated rings. The average Bonchev–Trinajstić information content (AvgIpc) is 2.93. The minimum Gasteiger partial charge on any atom is -0.207 e. The number of rotatable bonds is 3. The van der Waals surface area contributed by atoms with Crippen LogP contribution in [0.15, 0.2) is 59.1 Å². The van der Waals surface area contributed by atoms with Crippen LogP contribution in [0.1, 0.15) is 16.0 Å². The quantitative estimate of drug-likeness (QED) is 0.520. The Balaban J connectivity index is 1.85. The molecule has 2 aromatic carbocycles. The van der Waals surface area contributed by atoms with Gasteiger partial charge in [-0.2, -0.15) is 0 Å². The van der Waals surface area contributed by atoms with Crippen LogP contribution in [0.25, 0.3) is 10.4 Å². The van der Waals surface area contributed by atoms with Gasteiger partial charge in [0.2, 0.25) is 0 Å². The van der Waals surface area contributed by atoms with E-state index in [2.05, 4.69) is 53.2 Å². The molecule has 21 heavy (non-hydrogen) atoms. The van der Waals surface area contributed by atoms with E-state index < -0.39 is 0 Å². The minimum atomic E-state index is -0.194. The molecule has 0 aliphatic heterocycles. The standard InChI is InChI=1S/C18H14BrFS/c1-12-14(3-2-4-17(12)19)11-16-9-10-18(21-16)13-5-7-15(20)8-6-13/h2-10H,11H2,1H3. The second-order valence-corrected chi connectivity index (χ2v) is 7.00. The lowest BCUT2D eigenvalue weighted by Crippen LogP contribution is -1.89. The van der Waals surface area contributed by atoms with Crippen LogP contribution in [0.2, 0.25) is 0 Å². The topological polar surface area (TPSA) is 0 Å². The molecule has 0 nitrogen and oxygen atoms in total. The lowest BCUT2D eigenvalue weighted by atomic mass is 10.1. The van der Waals surface area contributed by atoms with Gasteiger partial charge < -0.3 is 0 Å². The van der Waals surface area contributed by atoms with Crippen molar-refractivity contribution in [3.05, 3.63) is 80.9 Å². The second-order valence-electron chi connectivity index (χ2n) is 4.97. The molecule has 0 atom stereocenters. The second kappa shape index (κ2) is 6.12. The fourth-order valence-corrected chi connectivity index (χ4v) is 3.72. The maximum absolute atomic E-state index is 13.0. The van der Waals surface area contributed by atoms with Gasteiger partial charge >= 0.3 is 0 Å². The highest BCUT2D eigenvalue weighted by Gasteiger charge is 2.07. The van der Waals surface area contributed by atoms with Gasteiger partial charge in [0.15, 0.2) is 0 Å². The van der Waals surface area contributed by atoms with Crippen LogP contribution in [0, 0.1) is 12.7 Å². The molecule has 0 radical (unpaired) electrons. The van der Waals surface area contributed by atoms with E-state index in [9.17, 15) is 4.39 Å². The predicted octanol–water partition coefficient (Wildman–Crippen LogP) is 6.22. The van der Waals surface area contributed by atoms with Crippen molar-refractivity contribution in [1.82, 2.24) is 0 Å². The normalized spacial score (nSPS) is 10.8. The molecule has 3 heteroatoms. The summed E-state index contributed by atoms with van der Waals surface area (Å²) in [5.41, 5.74) is 3.68. The molecular formula is C18H14BrFS. The van der Waals surface area contributed by atoms with Gasteiger partial charge in [0, 0.05) is 20.6 Å². The summed E-state index contributed by atoms with van der Waals surface area (Å²) < 4.78 is 14.1. The van der Waals surface area contributed by atoms with E-state index in [1.54, 1.807) is 11.3 Å². The van der Waals surface area contributed by atoms with Crippen LogP contribution in [0.3, 0.4) is 0 Å². The Morgan fingerprint density at radius 3 is 2.52 bits per heavy atom. The third-order valence-corrected chi connectivity index (χ3v) is 5.53. The number of hydrogen-bond donors (Lipinski definition) is 0. The van der Waals surface area contributed by atoms with Gasteiger partial charge in [0.05, 0.1) is 0 Å². The maximum Gasteiger partial charge on any atom is 0.123 e. The molecule has 3 rings (SSSR count). The highest BCUT2D eigenvalue weighted by molar-refractivity contribution is 9.10. The highest BCUT2D eigenvalue weighted by Crippen LogP contribution is 2.31. The van der Waals surface area contributed by atoms with E-state index >= 15 is 0 Å². The van der Waals surface area contributed by atoms with Crippen LogP contribution < -0.4 is 0 Å². The van der Waals surface area contributed by atoms with Gasteiger partial charge in [0.25, 0.3) is 0 Å². The SMILES string of the molecule is Cc1c(Br)cccc1Cc1ccc(-c2ccc(F)cc2)s1. The third-order valence-electron chi connectivity index (χ3n) is 3.53. The first-order chi connectivity index (χ1) is 10.1. The van der Waals surface area contributed by atoms with Gasteiger partial charge in [-0.15, -0.1) is 11.3 Å². The van der Waals surface area contributed by atoms with Crippen molar-refractivity contribution in [2.24, 2.45) is 0 Å². The Morgan fingerprint density at radius 1 is 1.00 bits per heavy atom. The molecule has 0 aliphatic rings. The Morgan fingerprint density at radius 2 is 1.76 bits per heavy atom. The molecule has 0 N–H and O–H groups in total. The maximum atomic E-state index is 13.0. The summed E-state index contributed by atoms with van der Waals surface area (Å²) in [6.07, 6.45) is 0.928. The molecular weight excluding hydrogens is 347 g/mol. The summed E-state index contributed by atoms with van der Waals surface area (Å²) in [5, 5.41) is 0. The third kappa shape index (κ3) is 3.25. The fourth-order valence-electron chi connectivity index (χ4n) is 2.27. The zero-order chi connectivity index (χ0) is 14.8. The monoisotopic (exact) mass is 360 g/mol. The van der Waals surface area contributed by atoms with E-state index in [4.69, 9.17) is 0 Å². The Kier molecular flexibility index (Phi) is 4.22. The van der Waals surface area contributed by atoms with E-state index in [0.29, 0.717) is 0 Å². The van der Waals surface area contributed by atoms with Gasteiger partial charge in [-0.1, -0.05) is 40.2 Å². The van der Waals surface area contributed by atoms with Crippen molar-refractivity contribution < 1.29 is 4.39 Å². The average molecular weight is 361 g/mol. The molecule has 0 unspecified atom stereocenters. The summed E-state index contributed by atoms with van der Waals surface area (Å²) >= 11 is 5.34. The lowest BCUT2D eigenvalue weighted by molar-refractivity contribution is 0.628. The summed E-state index contributed by atoms with van der Waals surface area (Å²) in [4.78, 5) is 2.49. The molecule has 0 saturated carbocycles. The predicted molar refractivity (Wildman–Crippen MR) is 91.4 cm³/mol. The zero-order valence-corrected chi connectivity index (χ0v) is 14.0. The van der Waals surface area contributed by atoms with Crippen LogP contribution in [-0.4, -0.2) is 0 Å². The minimum absolute atomic E-state index is 0.194. The first kappa shape index (κ1) is 14.5. The Hall–Kier alpha value is -1.45. The van der Waals surface area contributed by atoms with Crippen LogP contribution >= 0.6 is 27.3 Å². The first-order valence-electron chi connectivity index (χ1n) is 6.72. The fraction of sp³-hybridized carbons (Fsp3) is 0.111. The van der Waals surface area contributed by atoms with Crippen LogP contribution in [0.5, 0.6) is 0 Å². The van der Waals surface area contributed by atoms with E-state index in [1.165, 1.54) is 33.0 Å². The molecule has 0 saturated heterocycles. The van der Waals surface area contributed by atoms with Crippen molar-refractivity contribution >= 4 is 27.3 Å². The summed E-state index contributed by atoms with van der Waals surface area (Å²) in [6.45, 7) is 2.13. The van der Waals surface area contributed by atoms with Crippen molar-refractivity contribution in [2.45, 2.75) is 13.3 Å². The molecule has 0 aliphatic carbocycles. The zero-order valence-electron chi connectivity index (χ0n) is 11.6. The van der Waals surface area contributed by atoms with Crippen molar-refractivity contribution in [1.29, 1.82) is 0 Å². The smallest absolute Gasteiger partial charge is 0.123 e. The molecule has 106 valence electrons. The summed E-state index contributed by atoms with van der Waals surface area (Å²) in [5.74, 6) is -0.194. The van der Waals surface area contributed by atoms with Crippen molar-refractivity contribution in [3.8, 4) is 10.4 Å². The van der Waals surface area contributed by atoms with Gasteiger partial charge in [-0.3, -0.25) is 0 Å². The number of benzene rings is 2. The van der Waals surface area contributed by atoms with Crippen molar-refractivity contribution in [2.75, 3.05) is 0 Å². The summed E-state index contributed by atoms with van der Waals surface area (Å²) in [6, 6.07) is 17.2. The van der Waals surface area contributed by atoms with Gasteiger partial charge in [-0.05, 0) is 53.9 Å². The van der Waals surface area contributed by atoms with Gasteiger partial charge in [0.1, 0.15) is 5.82 Å². The molecule has 0 amide bonds. The Bertz CT molecular complexity index is 759. The number of thiophene rings is 1. The number of halogens is 2. The van der Waals surface area contributed by atoms with Crippen LogP contribution in [-0.2, 0) is 6.42 Å². The van der Waals surface area contributed by atoms with Crippen LogP contribution in [0.4, 0.5) is 4.39 Å². The Labute approximate surface area is 136 Å². The largest absolute Gasteiger partial charge is 0.207 e. The van der Waals surface area contributed by atoms with E-state index in [0.717, 1.165) is 16.5 Å². The number of hydrogen-bond acceptors (Lipinski definition) is 1. The molecule has 0 bridgehead atoms. The molecule has 1 aromatic heterocycles. The first-order valence-corrected chi connectivity index (χ1v) is 8.33.